The molecule has 0 bridgehead atoms. The molecule has 0 aromatic carbocycles. The van der Waals surface area contributed by atoms with Gasteiger partial charge in [0.05, 0.1) is 12.5 Å². The monoisotopic (exact) mass is 223 g/mol. The number of halogens is 1. The summed E-state index contributed by atoms with van der Waals surface area (Å²) in [5.74, 6) is -0.229. The zero-order chi connectivity index (χ0) is 11.3. The maximum Gasteiger partial charge on any atom is 0.272 e. The van der Waals surface area contributed by atoms with Crippen molar-refractivity contribution in [3.05, 3.63) is 29.0 Å². The van der Waals surface area contributed by atoms with Gasteiger partial charge in [-0.1, -0.05) is 11.6 Å². The van der Waals surface area contributed by atoms with E-state index in [1.165, 1.54) is 17.2 Å². The Morgan fingerprint density at radius 2 is 2.47 bits per heavy atom. The highest BCUT2D eigenvalue weighted by Gasteiger charge is 2.12. The number of rotatable bonds is 3. The van der Waals surface area contributed by atoms with Crippen LogP contribution in [0.15, 0.2) is 18.3 Å². The van der Waals surface area contributed by atoms with Crippen LogP contribution in [0.5, 0.6) is 0 Å². The van der Waals surface area contributed by atoms with E-state index in [4.69, 9.17) is 16.9 Å². The maximum atomic E-state index is 11.7. The SMILES string of the molecule is CN(CCC#N)C(=O)c1cc(Cl)ccn1. The van der Waals surface area contributed by atoms with Gasteiger partial charge in [-0.25, -0.2) is 0 Å². The molecule has 0 saturated carbocycles. The summed E-state index contributed by atoms with van der Waals surface area (Å²) in [6.45, 7) is 0.392. The Balaban J connectivity index is 2.72. The second kappa shape index (κ2) is 5.32. The summed E-state index contributed by atoms with van der Waals surface area (Å²) in [5, 5.41) is 8.86. The van der Waals surface area contributed by atoms with Crippen molar-refractivity contribution in [2.45, 2.75) is 6.42 Å². The van der Waals surface area contributed by atoms with E-state index in [0.29, 0.717) is 23.7 Å². The standard InChI is InChI=1S/C10H10ClN3O/c1-14(6-2-4-12)10(15)9-7-8(11)3-5-13-9/h3,5,7H,2,6H2,1H3. The topological polar surface area (TPSA) is 57.0 Å². The molecule has 0 radical (unpaired) electrons. The molecule has 0 N–H and O–H groups in total. The van der Waals surface area contributed by atoms with Crippen molar-refractivity contribution in [2.75, 3.05) is 13.6 Å². The van der Waals surface area contributed by atoms with E-state index < -0.39 is 0 Å². The Kier molecular flexibility index (Phi) is 4.07. The van der Waals surface area contributed by atoms with Gasteiger partial charge in [0.1, 0.15) is 5.69 Å². The lowest BCUT2D eigenvalue weighted by atomic mass is 10.3. The summed E-state index contributed by atoms with van der Waals surface area (Å²) in [6, 6.07) is 5.09. The first-order valence-corrected chi connectivity index (χ1v) is 4.77. The van der Waals surface area contributed by atoms with Crippen LogP contribution in [0.4, 0.5) is 0 Å². The van der Waals surface area contributed by atoms with Crippen LogP contribution in [-0.4, -0.2) is 29.4 Å². The predicted octanol–water partition coefficient (Wildman–Crippen LogP) is 1.72. The van der Waals surface area contributed by atoms with Gasteiger partial charge in [-0.15, -0.1) is 0 Å². The van der Waals surface area contributed by atoms with Crippen molar-refractivity contribution in [3.8, 4) is 6.07 Å². The Labute approximate surface area is 93.1 Å². The molecule has 0 aliphatic heterocycles. The predicted molar refractivity (Wildman–Crippen MR) is 56.4 cm³/mol. The van der Waals surface area contributed by atoms with E-state index in [-0.39, 0.29) is 5.91 Å². The number of carbonyl (C=O) groups is 1. The molecule has 0 unspecified atom stereocenters. The van der Waals surface area contributed by atoms with Gasteiger partial charge >= 0.3 is 0 Å². The van der Waals surface area contributed by atoms with Gasteiger partial charge in [0.25, 0.3) is 5.91 Å². The molecule has 5 heteroatoms. The molecule has 0 aliphatic rings. The Hall–Kier alpha value is -1.60. The molecule has 0 atom stereocenters. The smallest absolute Gasteiger partial charge is 0.272 e. The summed E-state index contributed by atoms with van der Waals surface area (Å²) in [7, 11) is 1.63. The first-order valence-electron chi connectivity index (χ1n) is 4.39. The number of pyridine rings is 1. The maximum absolute atomic E-state index is 11.7. The van der Waals surface area contributed by atoms with Gasteiger partial charge < -0.3 is 4.90 Å². The lowest BCUT2D eigenvalue weighted by molar-refractivity contribution is 0.0792. The van der Waals surface area contributed by atoms with E-state index in [9.17, 15) is 4.79 Å². The molecule has 0 fully saturated rings. The fraction of sp³-hybridized carbons (Fsp3) is 0.300. The number of hydrogen-bond donors (Lipinski definition) is 0. The third-order valence-corrected chi connectivity index (χ3v) is 2.08. The van der Waals surface area contributed by atoms with Gasteiger partial charge in [0.15, 0.2) is 0 Å². The van der Waals surface area contributed by atoms with Crippen molar-refractivity contribution in [2.24, 2.45) is 0 Å². The first kappa shape index (κ1) is 11.5. The second-order valence-electron chi connectivity index (χ2n) is 2.99. The molecular formula is C10H10ClN3O. The fourth-order valence-corrected chi connectivity index (χ4v) is 1.20. The summed E-state index contributed by atoms with van der Waals surface area (Å²) in [4.78, 5) is 17.1. The molecule has 1 aromatic heterocycles. The molecule has 4 nitrogen and oxygen atoms in total. The van der Waals surface area contributed by atoms with Crippen molar-refractivity contribution >= 4 is 17.5 Å². The van der Waals surface area contributed by atoms with Gasteiger partial charge in [0, 0.05) is 24.8 Å². The van der Waals surface area contributed by atoms with Crippen LogP contribution in [0, 0.1) is 11.3 Å². The molecule has 1 amide bonds. The van der Waals surface area contributed by atoms with Gasteiger partial charge in [0.2, 0.25) is 0 Å². The third kappa shape index (κ3) is 3.22. The minimum atomic E-state index is -0.229. The van der Waals surface area contributed by atoms with Crippen LogP contribution >= 0.6 is 11.6 Å². The van der Waals surface area contributed by atoms with Crippen LogP contribution in [-0.2, 0) is 0 Å². The van der Waals surface area contributed by atoms with E-state index in [1.54, 1.807) is 13.1 Å². The number of hydrogen-bond acceptors (Lipinski definition) is 3. The van der Waals surface area contributed by atoms with Crippen molar-refractivity contribution in [3.63, 3.8) is 0 Å². The highest BCUT2D eigenvalue weighted by atomic mass is 35.5. The summed E-state index contributed by atoms with van der Waals surface area (Å²) in [6.07, 6.45) is 1.79. The van der Waals surface area contributed by atoms with Gasteiger partial charge in [-0.2, -0.15) is 5.26 Å². The highest BCUT2D eigenvalue weighted by molar-refractivity contribution is 6.30. The molecule has 1 aromatic rings. The summed E-state index contributed by atoms with van der Waals surface area (Å²) in [5.41, 5.74) is 0.294. The zero-order valence-corrected chi connectivity index (χ0v) is 9.03. The van der Waals surface area contributed by atoms with Crippen molar-refractivity contribution < 1.29 is 4.79 Å². The highest BCUT2D eigenvalue weighted by Crippen LogP contribution is 2.09. The molecule has 15 heavy (non-hydrogen) atoms. The number of nitriles is 1. The number of amides is 1. The van der Waals surface area contributed by atoms with Crippen LogP contribution in [0.2, 0.25) is 5.02 Å². The molecule has 0 saturated heterocycles. The third-order valence-electron chi connectivity index (χ3n) is 1.85. The van der Waals surface area contributed by atoms with Gasteiger partial charge in [-0.05, 0) is 12.1 Å². The van der Waals surface area contributed by atoms with Crippen molar-refractivity contribution in [1.29, 1.82) is 5.26 Å². The zero-order valence-electron chi connectivity index (χ0n) is 8.27. The normalized spacial score (nSPS) is 9.40. The average molecular weight is 224 g/mol. The van der Waals surface area contributed by atoms with Crippen LogP contribution in [0.3, 0.4) is 0 Å². The van der Waals surface area contributed by atoms with Crippen molar-refractivity contribution in [1.82, 2.24) is 9.88 Å². The van der Waals surface area contributed by atoms with E-state index in [2.05, 4.69) is 4.98 Å². The molecule has 0 aliphatic carbocycles. The number of aromatic nitrogens is 1. The molecule has 78 valence electrons. The first-order chi connectivity index (χ1) is 7.15. The quantitative estimate of drug-likeness (QED) is 0.784. The fourth-order valence-electron chi connectivity index (χ4n) is 1.04. The van der Waals surface area contributed by atoms with Crippen LogP contribution in [0.25, 0.3) is 0 Å². The van der Waals surface area contributed by atoms with E-state index in [1.807, 2.05) is 6.07 Å². The van der Waals surface area contributed by atoms with Gasteiger partial charge in [-0.3, -0.25) is 9.78 Å². The minimum absolute atomic E-state index is 0.229. The molecule has 1 rings (SSSR count). The minimum Gasteiger partial charge on any atom is -0.339 e. The van der Waals surface area contributed by atoms with E-state index in [0.717, 1.165) is 0 Å². The Bertz CT molecular complexity index is 400. The van der Waals surface area contributed by atoms with Crippen LogP contribution in [0.1, 0.15) is 16.9 Å². The van der Waals surface area contributed by atoms with Crippen LogP contribution < -0.4 is 0 Å². The summed E-state index contributed by atoms with van der Waals surface area (Å²) < 4.78 is 0. The molecular weight excluding hydrogens is 214 g/mol. The molecule has 1 heterocycles. The summed E-state index contributed by atoms with van der Waals surface area (Å²) >= 11 is 5.73. The second-order valence-corrected chi connectivity index (χ2v) is 3.43. The molecule has 0 spiro atoms. The number of carbonyl (C=O) groups excluding carboxylic acids is 1. The number of nitrogens with zero attached hydrogens (tertiary/aromatic N) is 3. The largest absolute Gasteiger partial charge is 0.339 e. The Morgan fingerprint density at radius 3 is 3.07 bits per heavy atom. The lowest BCUT2D eigenvalue weighted by Crippen LogP contribution is -2.28. The average Bonchev–Trinajstić information content (AvgIpc) is 2.24. The Morgan fingerprint density at radius 1 is 1.73 bits per heavy atom. The lowest BCUT2D eigenvalue weighted by Gasteiger charge is -2.14. The van der Waals surface area contributed by atoms with E-state index >= 15 is 0 Å².